The van der Waals surface area contributed by atoms with Crippen molar-refractivity contribution in [2.75, 3.05) is 20.3 Å². The number of hydrogen-bond donors (Lipinski definition) is 1. The molecule has 0 heterocycles. The molecule has 2 aromatic carbocycles. The molecule has 2 aromatic rings. The Labute approximate surface area is 167 Å². The van der Waals surface area contributed by atoms with Crippen molar-refractivity contribution in [2.24, 2.45) is 0 Å². The van der Waals surface area contributed by atoms with Crippen LogP contribution in [-0.2, 0) is 27.2 Å². The van der Waals surface area contributed by atoms with Gasteiger partial charge in [-0.1, -0.05) is 24.3 Å². The highest BCUT2D eigenvalue weighted by Crippen LogP contribution is 2.15. The second kappa shape index (κ2) is 11.6. The maximum absolute atomic E-state index is 12.1. The lowest BCUT2D eigenvalue weighted by molar-refractivity contribution is -0.148. The number of halogens is 2. The molecular weight excluding hydrogens is 384 g/mol. The van der Waals surface area contributed by atoms with Crippen LogP contribution in [0.5, 0.6) is 11.5 Å². The lowest BCUT2D eigenvalue weighted by Gasteiger charge is -2.08. The molecule has 6 nitrogen and oxygen atoms in total. The predicted octanol–water partition coefficient (Wildman–Crippen LogP) is 3.13. The highest BCUT2D eigenvalue weighted by molar-refractivity contribution is 5.80. The lowest BCUT2D eigenvalue weighted by atomic mass is 10.1. The topological polar surface area (TPSA) is 73.9 Å². The fourth-order valence-electron chi connectivity index (χ4n) is 2.49. The molecule has 0 spiro atoms. The number of aryl methyl sites for hydroxylation is 1. The van der Waals surface area contributed by atoms with Gasteiger partial charge in [0.15, 0.2) is 6.61 Å². The monoisotopic (exact) mass is 407 g/mol. The van der Waals surface area contributed by atoms with Crippen LogP contribution < -0.4 is 14.8 Å². The molecular formula is C21H23F2NO5. The van der Waals surface area contributed by atoms with Gasteiger partial charge in [0.25, 0.3) is 5.91 Å². The molecule has 0 bridgehead atoms. The van der Waals surface area contributed by atoms with Crippen molar-refractivity contribution in [3.05, 3.63) is 59.7 Å². The van der Waals surface area contributed by atoms with Crippen LogP contribution >= 0.6 is 0 Å². The molecule has 0 fully saturated rings. The van der Waals surface area contributed by atoms with Gasteiger partial charge in [-0.2, -0.15) is 8.78 Å². The number of hydrogen-bond acceptors (Lipinski definition) is 5. The number of carbonyl (C=O) groups is 2. The van der Waals surface area contributed by atoms with E-state index in [0.29, 0.717) is 19.4 Å². The van der Waals surface area contributed by atoms with E-state index in [1.165, 1.54) is 12.1 Å². The third-order valence-corrected chi connectivity index (χ3v) is 4.03. The van der Waals surface area contributed by atoms with Crippen LogP contribution in [0.15, 0.2) is 48.5 Å². The van der Waals surface area contributed by atoms with E-state index in [1.54, 1.807) is 19.2 Å². The molecule has 0 aliphatic heterocycles. The van der Waals surface area contributed by atoms with Crippen LogP contribution in [-0.4, -0.2) is 38.7 Å². The number of amides is 1. The van der Waals surface area contributed by atoms with Gasteiger partial charge in [0, 0.05) is 13.0 Å². The minimum absolute atomic E-state index is 0.0781. The van der Waals surface area contributed by atoms with Crippen molar-refractivity contribution in [2.45, 2.75) is 25.9 Å². The normalized spacial score (nSPS) is 10.5. The zero-order valence-corrected chi connectivity index (χ0v) is 16.0. The van der Waals surface area contributed by atoms with E-state index in [4.69, 9.17) is 9.47 Å². The number of esters is 1. The summed E-state index contributed by atoms with van der Waals surface area (Å²) in [6.07, 6.45) is 1.19. The average Bonchev–Trinajstić information content (AvgIpc) is 2.72. The largest absolute Gasteiger partial charge is 0.497 e. The van der Waals surface area contributed by atoms with Crippen LogP contribution in [0.25, 0.3) is 0 Å². The quantitative estimate of drug-likeness (QED) is 0.580. The zero-order chi connectivity index (χ0) is 21.1. The minimum Gasteiger partial charge on any atom is -0.497 e. The lowest BCUT2D eigenvalue weighted by Crippen LogP contribution is -2.30. The van der Waals surface area contributed by atoms with Gasteiger partial charge in [-0.05, 0) is 48.2 Å². The Balaban J connectivity index is 1.60. The first-order chi connectivity index (χ1) is 14.0. The fourth-order valence-corrected chi connectivity index (χ4v) is 2.49. The maximum atomic E-state index is 12.1. The first-order valence-corrected chi connectivity index (χ1v) is 9.05. The smallest absolute Gasteiger partial charge is 0.387 e. The summed E-state index contributed by atoms with van der Waals surface area (Å²) in [5.74, 6) is -0.0363. The zero-order valence-electron chi connectivity index (χ0n) is 16.0. The van der Waals surface area contributed by atoms with Gasteiger partial charge >= 0.3 is 12.6 Å². The summed E-state index contributed by atoms with van der Waals surface area (Å²) < 4.78 is 38.5. The summed E-state index contributed by atoms with van der Waals surface area (Å²) in [6.45, 7) is -2.88. The molecule has 0 saturated heterocycles. The Hall–Kier alpha value is -3.16. The van der Waals surface area contributed by atoms with Crippen molar-refractivity contribution in [3.63, 3.8) is 0 Å². The number of nitrogens with one attached hydrogen (secondary N) is 1. The number of rotatable bonds is 11. The molecule has 156 valence electrons. The van der Waals surface area contributed by atoms with Crippen LogP contribution in [0.3, 0.4) is 0 Å². The van der Waals surface area contributed by atoms with Gasteiger partial charge in [-0.3, -0.25) is 9.59 Å². The van der Waals surface area contributed by atoms with E-state index in [0.717, 1.165) is 16.9 Å². The van der Waals surface area contributed by atoms with Gasteiger partial charge in [0.1, 0.15) is 11.5 Å². The standard InChI is InChI=1S/C21H23F2NO5/c1-27-17-7-2-15(3-8-17)6-11-20(26)28-14-19(25)24-13-12-16-4-9-18(10-5-16)29-21(22)23/h2-5,7-10,21H,6,11-14H2,1H3,(H,24,25). The summed E-state index contributed by atoms with van der Waals surface area (Å²) >= 11 is 0. The Morgan fingerprint density at radius 3 is 2.10 bits per heavy atom. The van der Waals surface area contributed by atoms with E-state index in [2.05, 4.69) is 10.1 Å². The van der Waals surface area contributed by atoms with E-state index in [1.807, 2.05) is 24.3 Å². The highest BCUT2D eigenvalue weighted by atomic mass is 19.3. The van der Waals surface area contributed by atoms with Crippen molar-refractivity contribution in [3.8, 4) is 11.5 Å². The van der Waals surface area contributed by atoms with Crippen LogP contribution in [0.1, 0.15) is 17.5 Å². The molecule has 0 aliphatic rings. The van der Waals surface area contributed by atoms with Crippen LogP contribution in [0.2, 0.25) is 0 Å². The molecule has 0 radical (unpaired) electrons. The molecule has 2 rings (SSSR count). The SMILES string of the molecule is COc1ccc(CCC(=O)OCC(=O)NCCc2ccc(OC(F)F)cc2)cc1. The number of alkyl halides is 2. The Morgan fingerprint density at radius 1 is 0.931 bits per heavy atom. The van der Waals surface area contributed by atoms with Crippen molar-refractivity contribution < 1.29 is 32.6 Å². The number of benzene rings is 2. The number of methoxy groups -OCH3 is 1. The summed E-state index contributed by atoms with van der Waals surface area (Å²) in [6, 6.07) is 13.5. The predicted molar refractivity (Wildman–Crippen MR) is 102 cm³/mol. The molecule has 0 atom stereocenters. The van der Waals surface area contributed by atoms with Gasteiger partial charge in [0.2, 0.25) is 0 Å². The van der Waals surface area contributed by atoms with Gasteiger partial charge in [-0.15, -0.1) is 0 Å². The van der Waals surface area contributed by atoms with Crippen molar-refractivity contribution in [1.82, 2.24) is 5.32 Å². The number of carbonyl (C=O) groups excluding carboxylic acids is 2. The minimum atomic E-state index is -2.86. The highest BCUT2D eigenvalue weighted by Gasteiger charge is 2.08. The maximum Gasteiger partial charge on any atom is 0.387 e. The van der Waals surface area contributed by atoms with E-state index < -0.39 is 18.5 Å². The van der Waals surface area contributed by atoms with E-state index in [9.17, 15) is 18.4 Å². The second-order valence-electron chi connectivity index (χ2n) is 6.13. The van der Waals surface area contributed by atoms with Crippen LogP contribution in [0, 0.1) is 0 Å². The van der Waals surface area contributed by atoms with Crippen LogP contribution in [0.4, 0.5) is 8.78 Å². The van der Waals surface area contributed by atoms with Gasteiger partial charge < -0.3 is 19.5 Å². The van der Waals surface area contributed by atoms with E-state index >= 15 is 0 Å². The van der Waals surface area contributed by atoms with Crippen molar-refractivity contribution >= 4 is 11.9 Å². The molecule has 0 unspecified atom stereocenters. The first kappa shape index (κ1) is 22.1. The molecule has 0 saturated carbocycles. The van der Waals surface area contributed by atoms with E-state index in [-0.39, 0.29) is 18.8 Å². The number of ether oxygens (including phenoxy) is 3. The third kappa shape index (κ3) is 8.59. The summed E-state index contributed by atoms with van der Waals surface area (Å²) in [5, 5.41) is 2.64. The molecule has 29 heavy (non-hydrogen) atoms. The molecule has 8 heteroatoms. The summed E-state index contributed by atoms with van der Waals surface area (Å²) in [7, 11) is 1.58. The van der Waals surface area contributed by atoms with Gasteiger partial charge in [-0.25, -0.2) is 0 Å². The molecule has 1 amide bonds. The first-order valence-electron chi connectivity index (χ1n) is 9.05. The third-order valence-electron chi connectivity index (χ3n) is 4.03. The Morgan fingerprint density at radius 2 is 1.52 bits per heavy atom. The van der Waals surface area contributed by atoms with Crippen molar-refractivity contribution in [1.29, 1.82) is 0 Å². The Kier molecular flexibility index (Phi) is 8.88. The second-order valence-corrected chi connectivity index (χ2v) is 6.13. The average molecular weight is 407 g/mol. The Bertz CT molecular complexity index is 779. The summed E-state index contributed by atoms with van der Waals surface area (Å²) in [5.41, 5.74) is 1.82. The summed E-state index contributed by atoms with van der Waals surface area (Å²) in [4.78, 5) is 23.5. The van der Waals surface area contributed by atoms with Gasteiger partial charge in [0.05, 0.1) is 7.11 Å². The molecule has 0 aliphatic carbocycles. The molecule has 1 N–H and O–H groups in total. The molecule has 0 aromatic heterocycles. The fraction of sp³-hybridized carbons (Fsp3) is 0.333.